The van der Waals surface area contributed by atoms with Crippen LogP contribution in [0.25, 0.3) is 0 Å². The third kappa shape index (κ3) is 5.34. The Hall–Kier alpha value is -1.82. The maximum atomic E-state index is 4.67. The first-order valence-corrected chi connectivity index (χ1v) is 10.5. The highest BCUT2D eigenvalue weighted by Gasteiger charge is 2.31. The molecule has 27 heavy (non-hydrogen) atoms. The van der Waals surface area contributed by atoms with Crippen molar-refractivity contribution < 1.29 is 0 Å². The van der Waals surface area contributed by atoms with Crippen LogP contribution in [0.2, 0.25) is 0 Å². The largest absolute Gasteiger partial charge is 0.356 e. The van der Waals surface area contributed by atoms with Crippen molar-refractivity contribution in [1.29, 1.82) is 0 Å². The lowest BCUT2D eigenvalue weighted by Crippen LogP contribution is -2.44. The zero-order chi connectivity index (χ0) is 19.1. The minimum Gasteiger partial charge on any atom is -0.356 e. The highest BCUT2D eigenvalue weighted by atomic mass is 15.3. The number of pyridine rings is 1. The lowest BCUT2D eigenvalue weighted by atomic mass is 9.83. The molecule has 1 aliphatic heterocycles. The fourth-order valence-electron chi connectivity index (χ4n) is 4.20. The highest BCUT2D eigenvalue weighted by Crippen LogP contribution is 2.40. The van der Waals surface area contributed by atoms with Crippen molar-refractivity contribution in [3.05, 3.63) is 23.9 Å². The number of aliphatic imine (C=N–C) groups is 1. The third-order valence-electron chi connectivity index (χ3n) is 6.37. The number of likely N-dealkylation sites (N-methyl/N-ethyl adjacent to an activating group) is 1. The summed E-state index contributed by atoms with van der Waals surface area (Å²) in [6, 6.07) is 4.31. The van der Waals surface area contributed by atoms with Crippen LogP contribution in [0.4, 0.5) is 5.82 Å². The first-order chi connectivity index (χ1) is 13.1. The fraction of sp³-hybridized carbons (Fsp3) is 0.714. The Morgan fingerprint density at radius 3 is 2.48 bits per heavy atom. The summed E-state index contributed by atoms with van der Waals surface area (Å²) >= 11 is 0. The smallest absolute Gasteiger partial charge is 0.191 e. The molecule has 6 heteroatoms. The number of anilines is 1. The van der Waals surface area contributed by atoms with Crippen molar-refractivity contribution in [2.45, 2.75) is 45.6 Å². The molecule has 2 aliphatic rings. The summed E-state index contributed by atoms with van der Waals surface area (Å²) in [5.41, 5.74) is 1.64. The zero-order valence-corrected chi connectivity index (χ0v) is 17.3. The van der Waals surface area contributed by atoms with Gasteiger partial charge < -0.3 is 20.4 Å². The fourth-order valence-corrected chi connectivity index (χ4v) is 4.20. The first kappa shape index (κ1) is 19.9. The van der Waals surface area contributed by atoms with Gasteiger partial charge in [0, 0.05) is 52.5 Å². The molecule has 2 heterocycles. The number of hydrogen-bond acceptors (Lipinski definition) is 4. The van der Waals surface area contributed by atoms with E-state index in [9.17, 15) is 0 Å². The average Bonchev–Trinajstić information content (AvgIpc) is 3.19. The molecule has 0 atom stereocenters. The van der Waals surface area contributed by atoms with E-state index in [1.54, 1.807) is 0 Å². The van der Waals surface area contributed by atoms with Crippen LogP contribution in [-0.2, 0) is 6.54 Å². The van der Waals surface area contributed by atoms with Crippen LogP contribution in [0, 0.1) is 5.41 Å². The number of aromatic nitrogens is 1. The minimum atomic E-state index is 0.462. The second-order valence-corrected chi connectivity index (χ2v) is 8.15. The molecule has 1 saturated carbocycles. The molecule has 150 valence electrons. The first-order valence-electron chi connectivity index (χ1n) is 10.5. The van der Waals surface area contributed by atoms with Crippen LogP contribution < -0.4 is 15.5 Å². The van der Waals surface area contributed by atoms with Gasteiger partial charge in [0.15, 0.2) is 5.96 Å². The van der Waals surface area contributed by atoms with Gasteiger partial charge in [-0.15, -0.1) is 0 Å². The van der Waals surface area contributed by atoms with E-state index in [1.165, 1.54) is 37.7 Å². The number of piperazine rings is 1. The van der Waals surface area contributed by atoms with Crippen molar-refractivity contribution in [2.24, 2.45) is 10.4 Å². The van der Waals surface area contributed by atoms with E-state index < -0.39 is 0 Å². The summed E-state index contributed by atoms with van der Waals surface area (Å²) in [6.07, 6.45) is 8.64. The molecule has 1 aromatic rings. The van der Waals surface area contributed by atoms with Gasteiger partial charge in [-0.1, -0.05) is 25.8 Å². The SMILES string of the molecule is CCC1(CNC(=NC)NCc2ccc(N3CCN(C)CC3)nc2)CCCC1. The second kappa shape index (κ2) is 9.40. The molecule has 1 aliphatic carbocycles. The van der Waals surface area contributed by atoms with Gasteiger partial charge in [-0.25, -0.2) is 4.98 Å². The normalized spacial score (nSPS) is 20.7. The monoisotopic (exact) mass is 372 g/mol. The molecule has 0 bridgehead atoms. The van der Waals surface area contributed by atoms with Crippen LogP contribution >= 0.6 is 0 Å². The molecule has 2 fully saturated rings. The predicted molar refractivity (Wildman–Crippen MR) is 113 cm³/mol. The van der Waals surface area contributed by atoms with Gasteiger partial charge in [0.25, 0.3) is 0 Å². The van der Waals surface area contributed by atoms with Gasteiger partial charge in [-0.2, -0.15) is 0 Å². The second-order valence-electron chi connectivity index (χ2n) is 8.15. The van der Waals surface area contributed by atoms with E-state index in [1.807, 2.05) is 13.2 Å². The number of rotatable bonds is 6. The van der Waals surface area contributed by atoms with Crippen molar-refractivity contribution in [2.75, 3.05) is 51.7 Å². The minimum absolute atomic E-state index is 0.462. The van der Waals surface area contributed by atoms with Crippen molar-refractivity contribution in [3.63, 3.8) is 0 Å². The Morgan fingerprint density at radius 1 is 1.15 bits per heavy atom. The highest BCUT2D eigenvalue weighted by molar-refractivity contribution is 5.79. The van der Waals surface area contributed by atoms with E-state index in [0.717, 1.165) is 51.0 Å². The van der Waals surface area contributed by atoms with E-state index in [4.69, 9.17) is 0 Å². The Balaban J connectivity index is 1.47. The third-order valence-corrected chi connectivity index (χ3v) is 6.37. The summed E-state index contributed by atoms with van der Waals surface area (Å²) in [4.78, 5) is 13.8. The summed E-state index contributed by atoms with van der Waals surface area (Å²) in [5, 5.41) is 6.98. The van der Waals surface area contributed by atoms with E-state index in [-0.39, 0.29) is 0 Å². The van der Waals surface area contributed by atoms with Crippen LogP contribution in [-0.4, -0.2) is 62.7 Å². The molecule has 1 aromatic heterocycles. The van der Waals surface area contributed by atoms with Gasteiger partial charge in [0.2, 0.25) is 0 Å². The summed E-state index contributed by atoms with van der Waals surface area (Å²) < 4.78 is 0. The van der Waals surface area contributed by atoms with Gasteiger partial charge in [-0.05, 0) is 43.4 Å². The summed E-state index contributed by atoms with van der Waals surface area (Å²) in [7, 11) is 4.02. The topological polar surface area (TPSA) is 55.8 Å². The number of nitrogens with zero attached hydrogens (tertiary/aromatic N) is 4. The molecule has 3 rings (SSSR count). The molecule has 0 amide bonds. The quantitative estimate of drug-likeness (QED) is 0.593. The van der Waals surface area contributed by atoms with Crippen LogP contribution in [0.3, 0.4) is 0 Å². The molecule has 0 radical (unpaired) electrons. The zero-order valence-electron chi connectivity index (χ0n) is 17.3. The van der Waals surface area contributed by atoms with Crippen LogP contribution in [0.5, 0.6) is 0 Å². The van der Waals surface area contributed by atoms with Crippen LogP contribution in [0.15, 0.2) is 23.3 Å². The molecule has 1 saturated heterocycles. The molecule has 0 spiro atoms. The molecule has 2 N–H and O–H groups in total. The van der Waals surface area contributed by atoms with E-state index in [2.05, 4.69) is 56.5 Å². The maximum absolute atomic E-state index is 4.67. The standard InChI is InChI=1S/C21H36N6/c1-4-21(9-5-6-10-21)17-25-20(22-2)24-16-18-7-8-19(23-15-18)27-13-11-26(3)12-14-27/h7-8,15H,4-6,9-14,16-17H2,1-3H3,(H2,22,24,25). The Labute approximate surface area is 164 Å². The maximum Gasteiger partial charge on any atom is 0.191 e. The molecule has 6 nitrogen and oxygen atoms in total. The molecular weight excluding hydrogens is 336 g/mol. The average molecular weight is 373 g/mol. The number of nitrogens with one attached hydrogen (secondary N) is 2. The van der Waals surface area contributed by atoms with Crippen molar-refractivity contribution in [1.82, 2.24) is 20.5 Å². The summed E-state index contributed by atoms with van der Waals surface area (Å²) in [6.45, 7) is 8.39. The Morgan fingerprint density at radius 2 is 1.89 bits per heavy atom. The Bertz CT molecular complexity index is 598. The lowest BCUT2D eigenvalue weighted by molar-refractivity contribution is 0.283. The molecule has 0 aromatic carbocycles. The molecular formula is C21H36N6. The Kier molecular flexibility index (Phi) is 6.94. The van der Waals surface area contributed by atoms with Gasteiger partial charge in [0.1, 0.15) is 5.82 Å². The molecule has 0 unspecified atom stereocenters. The number of hydrogen-bond donors (Lipinski definition) is 2. The lowest BCUT2D eigenvalue weighted by Gasteiger charge is -2.33. The van der Waals surface area contributed by atoms with E-state index in [0.29, 0.717) is 5.41 Å². The van der Waals surface area contributed by atoms with Crippen molar-refractivity contribution >= 4 is 11.8 Å². The predicted octanol–water partition coefficient (Wildman–Crippen LogP) is 2.47. The van der Waals surface area contributed by atoms with Gasteiger partial charge in [0.05, 0.1) is 0 Å². The summed E-state index contributed by atoms with van der Waals surface area (Å²) in [5.74, 6) is 1.97. The number of guanidine groups is 1. The van der Waals surface area contributed by atoms with Crippen LogP contribution in [0.1, 0.15) is 44.6 Å². The van der Waals surface area contributed by atoms with Crippen molar-refractivity contribution in [3.8, 4) is 0 Å². The van der Waals surface area contributed by atoms with Gasteiger partial charge >= 0.3 is 0 Å². The van der Waals surface area contributed by atoms with E-state index >= 15 is 0 Å². The van der Waals surface area contributed by atoms with Gasteiger partial charge in [-0.3, -0.25) is 4.99 Å².